The van der Waals surface area contributed by atoms with Crippen molar-refractivity contribution in [3.05, 3.63) is 18.5 Å². The van der Waals surface area contributed by atoms with E-state index in [1.165, 1.54) is 0 Å². The van der Waals surface area contributed by atoms with Gasteiger partial charge in [-0.1, -0.05) is 6.92 Å². The molecule has 0 saturated heterocycles. The fourth-order valence-electron chi connectivity index (χ4n) is 0.786. The minimum Gasteiger partial charge on any atom is -0.396 e. The summed E-state index contributed by atoms with van der Waals surface area (Å²) in [7, 11) is 0. The molecule has 1 aromatic rings. The summed E-state index contributed by atoms with van der Waals surface area (Å²) in [4.78, 5) is 0. The Bertz CT molecular complexity index is 172. The van der Waals surface area contributed by atoms with Crippen molar-refractivity contribution in [3.63, 3.8) is 0 Å². The summed E-state index contributed by atoms with van der Waals surface area (Å²) in [5.41, 5.74) is 0. The molecule has 0 aliphatic heterocycles. The second kappa shape index (κ2) is 3.37. The largest absolute Gasteiger partial charge is 0.396 e. The third kappa shape index (κ3) is 1.84. The molecule has 0 fully saturated rings. The minimum atomic E-state index is 0.222. The van der Waals surface area contributed by atoms with Gasteiger partial charge in [-0.05, 0) is 12.0 Å². The molecule has 0 bridgehead atoms. The second-order valence-electron chi connectivity index (χ2n) is 2.52. The molecule has 1 heterocycles. The van der Waals surface area contributed by atoms with E-state index < -0.39 is 0 Å². The molecule has 0 saturated carbocycles. The van der Waals surface area contributed by atoms with Gasteiger partial charge in [0.1, 0.15) is 0 Å². The monoisotopic (exact) mass is 140 g/mol. The van der Waals surface area contributed by atoms with Gasteiger partial charge in [-0.15, -0.1) is 0 Å². The number of aliphatic hydroxyl groups is 1. The average molecular weight is 140 g/mol. The topological polar surface area (TPSA) is 38.0 Å². The number of rotatable bonds is 3. The number of nitrogens with zero attached hydrogens (tertiary/aromatic N) is 2. The summed E-state index contributed by atoms with van der Waals surface area (Å²) in [5.74, 6) is 0.292. The third-order valence-corrected chi connectivity index (χ3v) is 1.37. The Kier molecular flexibility index (Phi) is 2.45. The highest BCUT2D eigenvalue weighted by atomic mass is 16.3. The van der Waals surface area contributed by atoms with Crippen LogP contribution >= 0.6 is 0 Å². The van der Waals surface area contributed by atoms with Crippen molar-refractivity contribution in [2.75, 3.05) is 6.61 Å². The Morgan fingerprint density at radius 2 is 2.50 bits per heavy atom. The zero-order valence-corrected chi connectivity index (χ0v) is 6.07. The van der Waals surface area contributed by atoms with Crippen LogP contribution in [0, 0.1) is 5.92 Å². The van der Waals surface area contributed by atoms with E-state index >= 15 is 0 Å². The van der Waals surface area contributed by atoms with Crippen LogP contribution in [0.2, 0.25) is 0 Å². The summed E-state index contributed by atoms with van der Waals surface area (Å²) in [6, 6.07) is 1.88. The number of aliphatic hydroxyl groups excluding tert-OH is 1. The summed E-state index contributed by atoms with van der Waals surface area (Å²) < 4.78 is 1.82. The maximum Gasteiger partial charge on any atom is 0.0489 e. The fraction of sp³-hybridized carbons (Fsp3) is 0.571. The summed E-state index contributed by atoms with van der Waals surface area (Å²) in [6.45, 7) is 3.01. The standard InChI is InChI=1S/C7H12N2O/c1-7(6-10)5-9-4-2-3-8-9/h2-4,7,10H,5-6H2,1H3/t7-/m1/s1. The van der Waals surface area contributed by atoms with E-state index in [1.807, 2.05) is 23.9 Å². The van der Waals surface area contributed by atoms with Crippen LogP contribution in [-0.4, -0.2) is 21.5 Å². The van der Waals surface area contributed by atoms with E-state index in [2.05, 4.69) is 5.10 Å². The molecular weight excluding hydrogens is 128 g/mol. The normalized spacial score (nSPS) is 13.4. The summed E-state index contributed by atoms with van der Waals surface area (Å²) in [5, 5.41) is 12.7. The molecule has 1 N–H and O–H groups in total. The summed E-state index contributed by atoms with van der Waals surface area (Å²) in [6.07, 6.45) is 3.64. The van der Waals surface area contributed by atoms with Crippen LogP contribution in [0.1, 0.15) is 6.92 Å². The van der Waals surface area contributed by atoms with Crippen LogP contribution in [0.5, 0.6) is 0 Å². The van der Waals surface area contributed by atoms with Crippen molar-refractivity contribution in [2.24, 2.45) is 5.92 Å². The average Bonchev–Trinajstić information content (AvgIpc) is 2.40. The first-order chi connectivity index (χ1) is 4.83. The Labute approximate surface area is 60.3 Å². The van der Waals surface area contributed by atoms with E-state index in [4.69, 9.17) is 5.11 Å². The molecule has 0 aromatic carbocycles. The van der Waals surface area contributed by atoms with Crippen LogP contribution in [0.4, 0.5) is 0 Å². The van der Waals surface area contributed by atoms with Crippen molar-refractivity contribution in [1.82, 2.24) is 9.78 Å². The first-order valence-corrected chi connectivity index (χ1v) is 3.41. The molecule has 0 radical (unpaired) electrons. The molecule has 3 nitrogen and oxygen atoms in total. The maximum absolute atomic E-state index is 8.69. The van der Waals surface area contributed by atoms with Crippen molar-refractivity contribution >= 4 is 0 Å². The lowest BCUT2D eigenvalue weighted by Gasteiger charge is -2.06. The molecular formula is C7H12N2O. The second-order valence-corrected chi connectivity index (χ2v) is 2.52. The van der Waals surface area contributed by atoms with Crippen molar-refractivity contribution in [2.45, 2.75) is 13.5 Å². The zero-order valence-electron chi connectivity index (χ0n) is 6.07. The quantitative estimate of drug-likeness (QED) is 0.664. The third-order valence-electron chi connectivity index (χ3n) is 1.37. The van der Waals surface area contributed by atoms with Crippen LogP contribution in [0.25, 0.3) is 0 Å². The highest BCUT2D eigenvalue weighted by Gasteiger charge is 1.99. The van der Waals surface area contributed by atoms with Crippen LogP contribution in [-0.2, 0) is 6.54 Å². The van der Waals surface area contributed by atoms with Crippen LogP contribution in [0.15, 0.2) is 18.5 Å². The van der Waals surface area contributed by atoms with Gasteiger partial charge in [0.15, 0.2) is 0 Å². The van der Waals surface area contributed by atoms with Gasteiger partial charge < -0.3 is 5.11 Å². The maximum atomic E-state index is 8.69. The smallest absolute Gasteiger partial charge is 0.0489 e. The molecule has 1 aromatic heterocycles. The lowest BCUT2D eigenvalue weighted by atomic mass is 10.2. The highest BCUT2D eigenvalue weighted by Crippen LogP contribution is 1.96. The number of aromatic nitrogens is 2. The molecule has 0 unspecified atom stereocenters. The van der Waals surface area contributed by atoms with E-state index in [9.17, 15) is 0 Å². The van der Waals surface area contributed by atoms with Crippen LogP contribution < -0.4 is 0 Å². The van der Waals surface area contributed by atoms with E-state index in [1.54, 1.807) is 6.20 Å². The first-order valence-electron chi connectivity index (χ1n) is 3.41. The van der Waals surface area contributed by atoms with Crippen molar-refractivity contribution in [1.29, 1.82) is 0 Å². The highest BCUT2D eigenvalue weighted by molar-refractivity contribution is 4.77. The number of hydrogen-bond acceptors (Lipinski definition) is 2. The molecule has 56 valence electrons. The predicted molar refractivity (Wildman–Crippen MR) is 38.5 cm³/mol. The molecule has 0 spiro atoms. The lowest BCUT2D eigenvalue weighted by Crippen LogP contribution is -2.11. The van der Waals surface area contributed by atoms with Crippen molar-refractivity contribution < 1.29 is 5.11 Å². The lowest BCUT2D eigenvalue weighted by molar-refractivity contribution is 0.219. The van der Waals surface area contributed by atoms with Gasteiger partial charge in [0.05, 0.1) is 0 Å². The summed E-state index contributed by atoms with van der Waals surface area (Å²) >= 11 is 0. The van der Waals surface area contributed by atoms with Gasteiger partial charge in [0, 0.05) is 25.5 Å². The molecule has 1 rings (SSSR count). The molecule has 1 atom stereocenters. The van der Waals surface area contributed by atoms with Gasteiger partial charge in [0.2, 0.25) is 0 Å². The Hall–Kier alpha value is -0.830. The van der Waals surface area contributed by atoms with Gasteiger partial charge in [-0.2, -0.15) is 5.10 Å². The molecule has 3 heteroatoms. The molecule has 0 aliphatic rings. The van der Waals surface area contributed by atoms with E-state index in [0.29, 0.717) is 5.92 Å². The fourth-order valence-corrected chi connectivity index (χ4v) is 0.786. The number of hydrogen-bond donors (Lipinski definition) is 1. The molecule has 0 amide bonds. The predicted octanol–water partition coefficient (Wildman–Crippen LogP) is 0.512. The Morgan fingerprint density at radius 3 is 3.00 bits per heavy atom. The first kappa shape index (κ1) is 7.28. The van der Waals surface area contributed by atoms with Gasteiger partial charge in [-0.3, -0.25) is 4.68 Å². The van der Waals surface area contributed by atoms with Crippen molar-refractivity contribution in [3.8, 4) is 0 Å². The molecule has 10 heavy (non-hydrogen) atoms. The SMILES string of the molecule is C[C@@H](CO)Cn1cccn1. The zero-order chi connectivity index (χ0) is 7.40. The Morgan fingerprint density at radius 1 is 1.70 bits per heavy atom. The van der Waals surface area contributed by atoms with E-state index in [-0.39, 0.29) is 6.61 Å². The van der Waals surface area contributed by atoms with Gasteiger partial charge >= 0.3 is 0 Å². The minimum absolute atomic E-state index is 0.222. The van der Waals surface area contributed by atoms with E-state index in [0.717, 1.165) is 6.54 Å². The molecule has 0 aliphatic carbocycles. The van der Waals surface area contributed by atoms with Crippen LogP contribution in [0.3, 0.4) is 0 Å². The van der Waals surface area contributed by atoms with Gasteiger partial charge in [0.25, 0.3) is 0 Å². The Balaban J connectivity index is 2.40. The van der Waals surface area contributed by atoms with Gasteiger partial charge in [-0.25, -0.2) is 0 Å².